The maximum Gasteiger partial charge on any atom is 0.0628 e. The summed E-state index contributed by atoms with van der Waals surface area (Å²) in [6, 6.07) is 0. The fourth-order valence-corrected chi connectivity index (χ4v) is 5.12. The highest BCUT2D eigenvalue weighted by molar-refractivity contribution is 4.91. The van der Waals surface area contributed by atoms with Gasteiger partial charge in [-0.3, -0.25) is 0 Å². The Morgan fingerprint density at radius 2 is 1.18 bits per heavy atom. The zero-order valence-corrected chi connectivity index (χ0v) is 20.8. The quantitative estimate of drug-likeness (QED) is 0.485. The molecule has 2 aliphatic heterocycles. The third-order valence-corrected chi connectivity index (χ3v) is 8.33. The van der Waals surface area contributed by atoms with Crippen LogP contribution >= 0.6 is 0 Å². The largest absolute Gasteiger partial charge is 0.381 e. The average molecular weight is 395 g/mol. The SMILES string of the molecule is CC(C)(C)C1COCC(C(C)(C)CCC(C)(C)C2CC(C(C)(C)C)CCO2)C1. The Morgan fingerprint density at radius 3 is 1.75 bits per heavy atom. The van der Waals surface area contributed by atoms with Gasteiger partial charge in [0, 0.05) is 19.8 Å². The second-order valence-electron chi connectivity index (χ2n) is 13.5. The number of rotatable bonds is 5. The first kappa shape index (κ1) is 24.2. The predicted molar refractivity (Wildman–Crippen MR) is 121 cm³/mol. The van der Waals surface area contributed by atoms with Gasteiger partial charge in [-0.05, 0) is 71.5 Å². The Bertz CT molecular complexity index is 446. The number of hydrogen-bond acceptors (Lipinski definition) is 2. The van der Waals surface area contributed by atoms with Crippen molar-refractivity contribution in [3.8, 4) is 0 Å². The smallest absolute Gasteiger partial charge is 0.0628 e. The van der Waals surface area contributed by atoms with Crippen molar-refractivity contribution in [2.24, 2.45) is 39.4 Å². The van der Waals surface area contributed by atoms with Gasteiger partial charge in [0.05, 0.1) is 6.10 Å². The van der Waals surface area contributed by atoms with Crippen LogP contribution in [-0.2, 0) is 9.47 Å². The molecule has 166 valence electrons. The van der Waals surface area contributed by atoms with E-state index in [0.717, 1.165) is 25.7 Å². The van der Waals surface area contributed by atoms with E-state index >= 15 is 0 Å². The summed E-state index contributed by atoms with van der Waals surface area (Å²) in [7, 11) is 0. The highest BCUT2D eigenvalue weighted by atomic mass is 16.5. The normalized spacial score (nSPS) is 31.1. The van der Waals surface area contributed by atoms with E-state index in [9.17, 15) is 0 Å². The van der Waals surface area contributed by atoms with Crippen LogP contribution in [0.15, 0.2) is 0 Å². The van der Waals surface area contributed by atoms with Crippen LogP contribution in [0.1, 0.15) is 101 Å². The fourth-order valence-electron chi connectivity index (χ4n) is 5.12. The molecule has 0 amide bonds. The van der Waals surface area contributed by atoms with Crippen molar-refractivity contribution in [2.45, 2.75) is 107 Å². The molecule has 28 heavy (non-hydrogen) atoms. The van der Waals surface area contributed by atoms with Gasteiger partial charge in [-0.1, -0.05) is 69.2 Å². The molecule has 0 aliphatic carbocycles. The molecule has 0 bridgehead atoms. The fraction of sp³-hybridized carbons (Fsp3) is 1.00. The first-order valence-corrected chi connectivity index (χ1v) is 11.8. The second kappa shape index (κ2) is 8.58. The van der Waals surface area contributed by atoms with Crippen LogP contribution < -0.4 is 0 Å². The summed E-state index contributed by atoms with van der Waals surface area (Å²) in [5.41, 5.74) is 1.28. The molecular formula is C26H50O2. The molecule has 4 unspecified atom stereocenters. The lowest BCUT2D eigenvalue weighted by Crippen LogP contribution is -2.43. The lowest BCUT2D eigenvalue weighted by molar-refractivity contribution is -0.0998. The van der Waals surface area contributed by atoms with E-state index in [4.69, 9.17) is 9.47 Å². The van der Waals surface area contributed by atoms with Gasteiger partial charge in [0.2, 0.25) is 0 Å². The van der Waals surface area contributed by atoms with E-state index in [2.05, 4.69) is 69.2 Å². The van der Waals surface area contributed by atoms with Crippen LogP contribution in [0.3, 0.4) is 0 Å². The molecule has 0 spiro atoms. The van der Waals surface area contributed by atoms with E-state index in [1.807, 2.05) is 0 Å². The Morgan fingerprint density at radius 1 is 0.643 bits per heavy atom. The third-order valence-electron chi connectivity index (χ3n) is 8.33. The zero-order valence-electron chi connectivity index (χ0n) is 20.8. The summed E-state index contributed by atoms with van der Waals surface area (Å²) < 4.78 is 12.4. The summed E-state index contributed by atoms with van der Waals surface area (Å²) in [6.45, 7) is 26.9. The average Bonchev–Trinajstić information content (AvgIpc) is 2.59. The van der Waals surface area contributed by atoms with Gasteiger partial charge in [-0.25, -0.2) is 0 Å². The Balaban J connectivity index is 1.96. The van der Waals surface area contributed by atoms with Gasteiger partial charge in [-0.2, -0.15) is 0 Å². The van der Waals surface area contributed by atoms with Gasteiger partial charge < -0.3 is 9.47 Å². The van der Waals surface area contributed by atoms with Gasteiger partial charge in [-0.15, -0.1) is 0 Å². The van der Waals surface area contributed by atoms with Crippen molar-refractivity contribution in [3.05, 3.63) is 0 Å². The van der Waals surface area contributed by atoms with Crippen LogP contribution in [-0.4, -0.2) is 25.9 Å². The maximum atomic E-state index is 6.32. The molecule has 2 nitrogen and oxygen atoms in total. The van der Waals surface area contributed by atoms with E-state index in [1.165, 1.54) is 32.1 Å². The molecule has 0 aromatic heterocycles. The molecule has 2 fully saturated rings. The molecule has 0 radical (unpaired) electrons. The zero-order chi connectivity index (χ0) is 21.4. The van der Waals surface area contributed by atoms with Gasteiger partial charge in [0.25, 0.3) is 0 Å². The van der Waals surface area contributed by atoms with E-state index in [1.54, 1.807) is 0 Å². The molecule has 2 rings (SSSR count). The molecule has 2 heterocycles. The molecule has 0 aromatic rings. The van der Waals surface area contributed by atoms with Crippen molar-refractivity contribution in [3.63, 3.8) is 0 Å². The minimum atomic E-state index is 0.236. The molecule has 4 atom stereocenters. The lowest BCUT2D eigenvalue weighted by atomic mass is 9.64. The van der Waals surface area contributed by atoms with Crippen molar-refractivity contribution < 1.29 is 9.47 Å². The summed E-state index contributed by atoms with van der Waals surface area (Å²) >= 11 is 0. The molecule has 2 aliphatic rings. The summed E-state index contributed by atoms with van der Waals surface area (Å²) in [6.07, 6.45) is 6.63. The Kier molecular flexibility index (Phi) is 7.41. The second-order valence-corrected chi connectivity index (χ2v) is 13.5. The summed E-state index contributed by atoms with van der Waals surface area (Å²) in [5.74, 6) is 2.11. The topological polar surface area (TPSA) is 18.5 Å². The Labute approximate surface area is 176 Å². The van der Waals surface area contributed by atoms with Crippen LogP contribution in [0.2, 0.25) is 0 Å². The van der Waals surface area contributed by atoms with E-state index in [0.29, 0.717) is 34.2 Å². The van der Waals surface area contributed by atoms with Crippen LogP contribution in [0.25, 0.3) is 0 Å². The van der Waals surface area contributed by atoms with Crippen molar-refractivity contribution >= 4 is 0 Å². The molecule has 0 N–H and O–H groups in total. The monoisotopic (exact) mass is 394 g/mol. The molecule has 0 saturated carbocycles. The predicted octanol–water partition coefficient (Wildman–Crippen LogP) is 7.36. The summed E-state index contributed by atoms with van der Waals surface area (Å²) in [5, 5.41) is 0. The molecule has 2 saturated heterocycles. The highest BCUT2D eigenvalue weighted by Gasteiger charge is 2.42. The van der Waals surface area contributed by atoms with Gasteiger partial charge >= 0.3 is 0 Å². The van der Waals surface area contributed by atoms with Crippen LogP contribution in [0, 0.1) is 39.4 Å². The minimum Gasteiger partial charge on any atom is -0.381 e. The van der Waals surface area contributed by atoms with Gasteiger partial charge in [0.1, 0.15) is 0 Å². The third kappa shape index (κ3) is 6.21. The van der Waals surface area contributed by atoms with Crippen molar-refractivity contribution in [2.75, 3.05) is 19.8 Å². The minimum absolute atomic E-state index is 0.236. The molecular weight excluding hydrogens is 344 g/mol. The summed E-state index contributed by atoms with van der Waals surface area (Å²) in [4.78, 5) is 0. The number of hydrogen-bond donors (Lipinski definition) is 0. The lowest BCUT2D eigenvalue weighted by Gasteiger charge is -2.47. The molecule has 0 aromatic carbocycles. The molecule has 2 heteroatoms. The van der Waals surface area contributed by atoms with Gasteiger partial charge in [0.15, 0.2) is 0 Å². The highest BCUT2D eigenvalue weighted by Crippen LogP contribution is 2.47. The van der Waals surface area contributed by atoms with Crippen molar-refractivity contribution in [1.29, 1.82) is 0 Å². The first-order chi connectivity index (χ1) is 12.6. The van der Waals surface area contributed by atoms with Crippen LogP contribution in [0.4, 0.5) is 0 Å². The number of ether oxygens (including phenoxy) is 2. The van der Waals surface area contributed by atoms with E-state index in [-0.39, 0.29) is 5.41 Å². The van der Waals surface area contributed by atoms with Crippen LogP contribution in [0.5, 0.6) is 0 Å². The van der Waals surface area contributed by atoms with Crippen molar-refractivity contribution in [1.82, 2.24) is 0 Å². The van der Waals surface area contributed by atoms with E-state index < -0.39 is 0 Å². The maximum absolute atomic E-state index is 6.32. The standard InChI is InChI=1S/C26H50O2/c1-23(2,3)19-11-14-28-22(16-19)26(9,10)13-12-25(7,8)21-15-20(17-27-18-21)24(4,5)6/h19-22H,11-18H2,1-10H3. The Hall–Kier alpha value is -0.0800. The first-order valence-electron chi connectivity index (χ1n) is 11.8.